The molecule has 8 nitrogen and oxygen atoms in total. The van der Waals surface area contributed by atoms with Crippen LogP contribution in [0.25, 0.3) is 0 Å². The number of imide groups is 1. The van der Waals surface area contributed by atoms with Crippen LogP contribution < -0.4 is 5.32 Å². The van der Waals surface area contributed by atoms with Crippen molar-refractivity contribution in [3.05, 3.63) is 12.2 Å². The van der Waals surface area contributed by atoms with Crippen LogP contribution in [0.4, 0.5) is 0 Å². The van der Waals surface area contributed by atoms with Gasteiger partial charge in [0.2, 0.25) is 5.91 Å². The zero-order valence-electron chi connectivity index (χ0n) is 13.6. The molecule has 0 aliphatic carbocycles. The summed E-state index contributed by atoms with van der Waals surface area (Å²) in [6.45, 7) is 1.68. The van der Waals surface area contributed by atoms with E-state index in [0.717, 1.165) is 4.90 Å². The van der Waals surface area contributed by atoms with Gasteiger partial charge >= 0.3 is 5.97 Å². The van der Waals surface area contributed by atoms with Gasteiger partial charge in [0.25, 0.3) is 11.8 Å². The average molecular weight is 338 g/mol. The number of hydrogen-bond acceptors (Lipinski definition) is 5. The average Bonchev–Trinajstić information content (AvgIpc) is 2.82. The molecule has 0 aromatic heterocycles. The first-order valence-corrected chi connectivity index (χ1v) is 7.86. The van der Waals surface area contributed by atoms with Crippen LogP contribution in [0.5, 0.6) is 0 Å². The quantitative estimate of drug-likeness (QED) is 0.416. The van der Waals surface area contributed by atoms with Gasteiger partial charge in [-0.1, -0.05) is 6.42 Å². The zero-order valence-corrected chi connectivity index (χ0v) is 13.6. The highest BCUT2D eigenvalue weighted by Gasteiger charge is 2.22. The highest BCUT2D eigenvalue weighted by molar-refractivity contribution is 6.12. The second-order valence-corrected chi connectivity index (χ2v) is 5.67. The van der Waals surface area contributed by atoms with Crippen molar-refractivity contribution < 1.29 is 29.1 Å². The number of carbonyl (C=O) groups excluding carboxylic acids is 4. The Morgan fingerprint density at radius 2 is 1.71 bits per heavy atom. The Bertz CT molecular complexity index is 537. The molecule has 0 fully saturated rings. The van der Waals surface area contributed by atoms with Crippen LogP contribution in [0, 0.1) is 0 Å². The number of Topliss-reactive ketones (excluding diaryl/α,β-unsaturated/α-hetero) is 1. The van der Waals surface area contributed by atoms with Gasteiger partial charge in [0.05, 0.1) is 0 Å². The van der Waals surface area contributed by atoms with Crippen LogP contribution in [-0.4, -0.2) is 52.1 Å². The molecule has 1 aliphatic heterocycles. The molecule has 0 aromatic carbocycles. The minimum Gasteiger partial charge on any atom is -0.480 e. The third-order valence-electron chi connectivity index (χ3n) is 3.60. The van der Waals surface area contributed by atoms with Crippen molar-refractivity contribution in [2.45, 2.75) is 51.5 Å². The normalized spacial score (nSPS) is 14.8. The molecule has 132 valence electrons. The molecule has 0 saturated carbocycles. The van der Waals surface area contributed by atoms with E-state index in [1.165, 1.54) is 19.1 Å². The predicted octanol–water partition coefficient (Wildman–Crippen LogP) is 0.410. The van der Waals surface area contributed by atoms with E-state index in [2.05, 4.69) is 5.32 Å². The number of aliphatic carboxylic acids is 1. The highest BCUT2D eigenvalue weighted by Crippen LogP contribution is 2.08. The van der Waals surface area contributed by atoms with Gasteiger partial charge in [0, 0.05) is 31.5 Å². The fraction of sp³-hybridized carbons (Fsp3) is 0.562. The Morgan fingerprint density at radius 1 is 1.08 bits per heavy atom. The summed E-state index contributed by atoms with van der Waals surface area (Å²) < 4.78 is 0. The maximum absolute atomic E-state index is 11.7. The van der Waals surface area contributed by atoms with Gasteiger partial charge in [-0.25, -0.2) is 4.79 Å². The maximum Gasteiger partial charge on any atom is 0.326 e. The van der Waals surface area contributed by atoms with Crippen LogP contribution in [0.1, 0.15) is 45.4 Å². The van der Waals surface area contributed by atoms with Gasteiger partial charge in [0.15, 0.2) is 0 Å². The first kappa shape index (κ1) is 19.5. The molecule has 1 aliphatic rings. The van der Waals surface area contributed by atoms with Crippen molar-refractivity contribution >= 4 is 29.5 Å². The number of amides is 3. The molecule has 0 radical (unpaired) electrons. The monoisotopic (exact) mass is 338 g/mol. The van der Waals surface area contributed by atoms with Crippen LogP contribution in [0.2, 0.25) is 0 Å². The third-order valence-corrected chi connectivity index (χ3v) is 3.60. The fourth-order valence-electron chi connectivity index (χ4n) is 2.26. The Hall–Kier alpha value is -2.51. The molecule has 1 rings (SSSR count). The van der Waals surface area contributed by atoms with E-state index in [-0.39, 0.29) is 42.8 Å². The smallest absolute Gasteiger partial charge is 0.326 e. The van der Waals surface area contributed by atoms with Gasteiger partial charge in [-0.2, -0.15) is 0 Å². The van der Waals surface area contributed by atoms with Crippen LogP contribution in [0.3, 0.4) is 0 Å². The SMILES string of the molecule is CC(=O)CC[C@H](NC(=O)CCCCCN1C(=O)C=CC1=O)C(=O)O. The number of carboxylic acid groups (broad SMARTS) is 1. The summed E-state index contributed by atoms with van der Waals surface area (Å²) in [5.41, 5.74) is 0. The lowest BCUT2D eigenvalue weighted by Crippen LogP contribution is -2.40. The lowest BCUT2D eigenvalue weighted by atomic mass is 10.1. The van der Waals surface area contributed by atoms with E-state index < -0.39 is 12.0 Å². The van der Waals surface area contributed by atoms with E-state index in [1.807, 2.05) is 0 Å². The number of nitrogens with one attached hydrogen (secondary N) is 1. The van der Waals surface area contributed by atoms with Crippen molar-refractivity contribution in [2.24, 2.45) is 0 Å². The van der Waals surface area contributed by atoms with Crippen molar-refractivity contribution in [3.8, 4) is 0 Å². The lowest BCUT2D eigenvalue weighted by molar-refractivity contribution is -0.142. The Balaban J connectivity index is 2.20. The summed E-state index contributed by atoms with van der Waals surface area (Å²) in [6, 6.07) is -1.06. The molecule has 8 heteroatoms. The molecular formula is C16H22N2O6. The number of rotatable bonds is 11. The molecular weight excluding hydrogens is 316 g/mol. The molecule has 0 saturated heterocycles. The van der Waals surface area contributed by atoms with Crippen molar-refractivity contribution in [1.29, 1.82) is 0 Å². The molecule has 3 amide bonds. The number of carboxylic acids is 1. The van der Waals surface area contributed by atoms with E-state index in [0.29, 0.717) is 25.8 Å². The summed E-state index contributed by atoms with van der Waals surface area (Å²) in [5.74, 6) is -2.33. The van der Waals surface area contributed by atoms with Gasteiger partial charge in [-0.3, -0.25) is 19.3 Å². The number of unbranched alkanes of at least 4 members (excludes halogenated alkanes) is 2. The molecule has 1 atom stereocenters. The largest absolute Gasteiger partial charge is 0.480 e. The van der Waals surface area contributed by atoms with Gasteiger partial charge in [-0.15, -0.1) is 0 Å². The fourth-order valence-corrected chi connectivity index (χ4v) is 2.26. The molecule has 1 heterocycles. The van der Waals surface area contributed by atoms with Crippen molar-refractivity contribution in [3.63, 3.8) is 0 Å². The van der Waals surface area contributed by atoms with Crippen LogP contribution in [0.15, 0.2) is 12.2 Å². The Kier molecular flexibility index (Phi) is 7.81. The maximum atomic E-state index is 11.7. The minimum atomic E-state index is -1.16. The summed E-state index contributed by atoms with van der Waals surface area (Å²) in [6.07, 6.45) is 4.52. The second kappa shape index (κ2) is 9.59. The Labute approximate surface area is 139 Å². The zero-order chi connectivity index (χ0) is 18.1. The van der Waals surface area contributed by atoms with E-state index in [4.69, 9.17) is 5.11 Å². The summed E-state index contributed by atoms with van der Waals surface area (Å²) in [4.78, 5) is 57.5. The Morgan fingerprint density at radius 3 is 2.25 bits per heavy atom. The molecule has 0 spiro atoms. The van der Waals surface area contributed by atoms with Crippen molar-refractivity contribution in [2.75, 3.05) is 6.54 Å². The van der Waals surface area contributed by atoms with Gasteiger partial charge < -0.3 is 15.2 Å². The van der Waals surface area contributed by atoms with E-state index >= 15 is 0 Å². The van der Waals surface area contributed by atoms with Crippen LogP contribution in [-0.2, 0) is 24.0 Å². The molecule has 0 aromatic rings. The number of hydrogen-bond donors (Lipinski definition) is 2. The summed E-state index contributed by atoms with van der Waals surface area (Å²) in [5, 5.41) is 11.4. The third kappa shape index (κ3) is 6.72. The van der Waals surface area contributed by atoms with E-state index in [1.54, 1.807) is 0 Å². The van der Waals surface area contributed by atoms with Crippen LogP contribution >= 0.6 is 0 Å². The topological polar surface area (TPSA) is 121 Å². The summed E-state index contributed by atoms with van der Waals surface area (Å²) in [7, 11) is 0. The van der Waals surface area contributed by atoms with Crippen molar-refractivity contribution in [1.82, 2.24) is 10.2 Å². The molecule has 2 N–H and O–H groups in total. The molecule has 0 bridgehead atoms. The molecule has 24 heavy (non-hydrogen) atoms. The number of ketones is 1. The predicted molar refractivity (Wildman–Crippen MR) is 83.8 cm³/mol. The summed E-state index contributed by atoms with van der Waals surface area (Å²) >= 11 is 0. The van der Waals surface area contributed by atoms with Gasteiger partial charge in [0.1, 0.15) is 11.8 Å². The standard InChI is InChI=1S/C16H22N2O6/c1-11(19)6-7-12(16(23)24)17-13(20)5-3-2-4-10-18-14(21)8-9-15(18)22/h8-9,12H,2-7,10H2,1H3,(H,17,20)(H,23,24)/t12-/m0/s1. The number of carbonyl (C=O) groups is 5. The lowest BCUT2D eigenvalue weighted by Gasteiger charge is -2.14. The molecule has 0 unspecified atom stereocenters. The first-order chi connectivity index (χ1) is 11.3. The highest BCUT2D eigenvalue weighted by atomic mass is 16.4. The van der Waals surface area contributed by atoms with Gasteiger partial charge in [-0.05, 0) is 26.2 Å². The van der Waals surface area contributed by atoms with E-state index in [9.17, 15) is 24.0 Å². The minimum absolute atomic E-state index is 0.0720. The number of nitrogens with zero attached hydrogens (tertiary/aromatic N) is 1. The second-order valence-electron chi connectivity index (χ2n) is 5.67. The first-order valence-electron chi connectivity index (χ1n) is 7.86.